The molecule has 0 spiro atoms. The summed E-state index contributed by atoms with van der Waals surface area (Å²) in [5, 5.41) is 16.1. The summed E-state index contributed by atoms with van der Waals surface area (Å²) in [5.41, 5.74) is 0.712. The molecule has 0 saturated carbocycles. The molecule has 24 heavy (non-hydrogen) atoms. The summed E-state index contributed by atoms with van der Waals surface area (Å²) >= 11 is 5.88. The number of aliphatic hydroxyl groups excluding tert-OH is 1. The molecular weight excluding hydrogens is 334 g/mol. The van der Waals surface area contributed by atoms with Gasteiger partial charge in [0.25, 0.3) is 5.56 Å². The first kappa shape index (κ1) is 18.0. The highest BCUT2D eigenvalue weighted by atomic mass is 35.5. The fourth-order valence-corrected chi connectivity index (χ4v) is 2.18. The lowest BCUT2D eigenvalue weighted by Gasteiger charge is -2.11. The van der Waals surface area contributed by atoms with Crippen molar-refractivity contribution in [3.63, 3.8) is 0 Å². The highest BCUT2D eigenvalue weighted by Gasteiger charge is 2.13. The second-order valence-electron chi connectivity index (χ2n) is 4.99. The van der Waals surface area contributed by atoms with Crippen LogP contribution in [-0.2, 0) is 11.3 Å². The van der Waals surface area contributed by atoms with Crippen LogP contribution in [0, 0.1) is 0 Å². The van der Waals surface area contributed by atoms with E-state index in [1.165, 1.54) is 13.2 Å². The SMILES string of the molecule is COc1cc(=O)n(CC(=O)NCCCO)nc1-c1ccc(Cl)cc1. The topological polar surface area (TPSA) is 93.5 Å². The quantitative estimate of drug-likeness (QED) is 0.728. The highest BCUT2D eigenvalue weighted by molar-refractivity contribution is 6.30. The van der Waals surface area contributed by atoms with E-state index in [-0.39, 0.29) is 19.1 Å². The van der Waals surface area contributed by atoms with E-state index >= 15 is 0 Å². The Hall–Kier alpha value is -2.38. The summed E-state index contributed by atoms with van der Waals surface area (Å²) in [7, 11) is 1.45. The molecule has 8 heteroatoms. The summed E-state index contributed by atoms with van der Waals surface area (Å²) in [5.74, 6) is -0.0375. The van der Waals surface area contributed by atoms with Gasteiger partial charge in [-0.05, 0) is 18.6 Å². The predicted molar refractivity (Wildman–Crippen MR) is 90.2 cm³/mol. The molecule has 0 aliphatic rings. The molecular formula is C16H18ClN3O4. The lowest BCUT2D eigenvalue weighted by atomic mass is 10.1. The molecule has 128 valence electrons. The number of aliphatic hydroxyl groups is 1. The number of ether oxygens (including phenoxy) is 1. The molecule has 1 heterocycles. The number of rotatable bonds is 7. The van der Waals surface area contributed by atoms with Gasteiger partial charge in [0.05, 0.1) is 7.11 Å². The van der Waals surface area contributed by atoms with Gasteiger partial charge in [-0.1, -0.05) is 23.7 Å². The van der Waals surface area contributed by atoms with E-state index in [2.05, 4.69) is 10.4 Å². The third-order valence-corrected chi connectivity index (χ3v) is 3.50. The number of nitrogens with zero attached hydrogens (tertiary/aromatic N) is 2. The van der Waals surface area contributed by atoms with E-state index in [1.807, 2.05) is 0 Å². The zero-order chi connectivity index (χ0) is 17.5. The number of hydrogen-bond acceptors (Lipinski definition) is 5. The number of amides is 1. The van der Waals surface area contributed by atoms with Crippen LogP contribution in [0.2, 0.25) is 5.02 Å². The highest BCUT2D eigenvalue weighted by Crippen LogP contribution is 2.26. The van der Waals surface area contributed by atoms with Crippen molar-refractivity contribution < 1.29 is 14.6 Å². The first-order valence-corrected chi connectivity index (χ1v) is 7.72. The first-order chi connectivity index (χ1) is 11.5. The Balaban J connectivity index is 2.29. The van der Waals surface area contributed by atoms with Gasteiger partial charge >= 0.3 is 0 Å². The minimum atomic E-state index is -0.443. The van der Waals surface area contributed by atoms with Crippen LogP contribution in [0.15, 0.2) is 35.1 Å². The van der Waals surface area contributed by atoms with Gasteiger partial charge in [0.2, 0.25) is 5.91 Å². The molecule has 2 N–H and O–H groups in total. The van der Waals surface area contributed by atoms with Crippen LogP contribution >= 0.6 is 11.6 Å². The van der Waals surface area contributed by atoms with Crippen LogP contribution in [0.5, 0.6) is 5.75 Å². The second kappa shape index (κ2) is 8.47. The van der Waals surface area contributed by atoms with Gasteiger partial charge in [0, 0.05) is 29.8 Å². The third kappa shape index (κ3) is 4.56. The van der Waals surface area contributed by atoms with Gasteiger partial charge in [-0.3, -0.25) is 9.59 Å². The van der Waals surface area contributed by atoms with Crippen LogP contribution in [-0.4, -0.2) is 41.1 Å². The Bertz CT molecular complexity index is 759. The maximum Gasteiger partial charge on any atom is 0.270 e. The molecule has 0 saturated heterocycles. The van der Waals surface area contributed by atoms with Crippen LogP contribution in [0.1, 0.15) is 6.42 Å². The maximum atomic E-state index is 12.1. The Morgan fingerprint density at radius 1 is 1.38 bits per heavy atom. The van der Waals surface area contributed by atoms with E-state index in [0.717, 1.165) is 4.68 Å². The van der Waals surface area contributed by atoms with Crippen LogP contribution in [0.3, 0.4) is 0 Å². The lowest BCUT2D eigenvalue weighted by molar-refractivity contribution is -0.121. The third-order valence-electron chi connectivity index (χ3n) is 3.25. The van der Waals surface area contributed by atoms with Gasteiger partial charge in [0.15, 0.2) is 5.75 Å². The molecule has 1 amide bonds. The zero-order valence-corrected chi connectivity index (χ0v) is 13.9. The van der Waals surface area contributed by atoms with Crippen molar-refractivity contribution in [1.82, 2.24) is 15.1 Å². The smallest absolute Gasteiger partial charge is 0.270 e. The van der Waals surface area contributed by atoms with Gasteiger partial charge in [-0.15, -0.1) is 0 Å². The van der Waals surface area contributed by atoms with Crippen molar-refractivity contribution in [2.45, 2.75) is 13.0 Å². The van der Waals surface area contributed by atoms with E-state index in [1.54, 1.807) is 24.3 Å². The summed E-state index contributed by atoms with van der Waals surface area (Å²) in [6, 6.07) is 8.20. The molecule has 0 aliphatic carbocycles. The number of methoxy groups -OCH3 is 1. The normalized spacial score (nSPS) is 10.5. The summed E-state index contributed by atoms with van der Waals surface area (Å²) in [6.07, 6.45) is 0.451. The van der Waals surface area contributed by atoms with Crippen LogP contribution in [0.4, 0.5) is 0 Å². The monoisotopic (exact) mass is 351 g/mol. The van der Waals surface area contributed by atoms with Crippen molar-refractivity contribution in [2.75, 3.05) is 20.3 Å². The van der Waals surface area contributed by atoms with Crippen LogP contribution in [0.25, 0.3) is 11.3 Å². The number of hydrogen-bond donors (Lipinski definition) is 2. The molecule has 0 bridgehead atoms. The number of nitrogens with one attached hydrogen (secondary N) is 1. The fourth-order valence-electron chi connectivity index (χ4n) is 2.05. The molecule has 2 aromatic rings. The molecule has 1 aromatic heterocycles. The summed E-state index contributed by atoms with van der Waals surface area (Å²) in [4.78, 5) is 23.9. The summed E-state index contributed by atoms with van der Waals surface area (Å²) in [6.45, 7) is 0.112. The van der Waals surface area contributed by atoms with E-state index in [9.17, 15) is 9.59 Å². The molecule has 0 unspecified atom stereocenters. The molecule has 7 nitrogen and oxygen atoms in total. The van der Waals surface area contributed by atoms with Crippen molar-refractivity contribution in [3.8, 4) is 17.0 Å². The minimum absolute atomic E-state index is 0.0122. The predicted octanol–water partition coefficient (Wildman–Crippen LogP) is 1.07. The number of carbonyl (C=O) groups excluding carboxylic acids is 1. The fraction of sp³-hybridized carbons (Fsp3) is 0.312. The Morgan fingerprint density at radius 3 is 2.71 bits per heavy atom. The van der Waals surface area contributed by atoms with E-state index < -0.39 is 5.56 Å². The summed E-state index contributed by atoms with van der Waals surface area (Å²) < 4.78 is 6.28. The Kier molecular flexibility index (Phi) is 6.34. The average Bonchev–Trinajstić information content (AvgIpc) is 2.57. The van der Waals surface area contributed by atoms with Crippen molar-refractivity contribution in [2.24, 2.45) is 0 Å². The van der Waals surface area contributed by atoms with Crippen molar-refractivity contribution in [3.05, 3.63) is 45.7 Å². The molecule has 1 aromatic carbocycles. The molecule has 0 aliphatic heterocycles. The Morgan fingerprint density at radius 2 is 2.08 bits per heavy atom. The number of halogens is 1. The zero-order valence-electron chi connectivity index (χ0n) is 13.2. The van der Waals surface area contributed by atoms with Gasteiger partial charge in [0.1, 0.15) is 12.2 Å². The average molecular weight is 352 g/mol. The standard InChI is InChI=1S/C16H18ClN3O4/c1-24-13-9-15(23)20(10-14(22)18-7-2-8-21)19-16(13)11-3-5-12(17)6-4-11/h3-6,9,21H,2,7-8,10H2,1H3,(H,18,22). The van der Waals surface area contributed by atoms with Crippen molar-refractivity contribution in [1.29, 1.82) is 0 Å². The van der Waals surface area contributed by atoms with Crippen LogP contribution < -0.4 is 15.6 Å². The maximum absolute atomic E-state index is 12.1. The number of carbonyl (C=O) groups is 1. The van der Waals surface area contributed by atoms with Gasteiger partial charge in [-0.2, -0.15) is 5.10 Å². The van der Waals surface area contributed by atoms with E-state index in [0.29, 0.717) is 35.0 Å². The van der Waals surface area contributed by atoms with Gasteiger partial charge in [-0.25, -0.2) is 4.68 Å². The molecule has 2 rings (SSSR count). The Labute approximate surface area is 143 Å². The number of aromatic nitrogens is 2. The van der Waals surface area contributed by atoms with Crippen molar-refractivity contribution >= 4 is 17.5 Å². The van der Waals surface area contributed by atoms with E-state index in [4.69, 9.17) is 21.4 Å². The number of benzene rings is 1. The lowest BCUT2D eigenvalue weighted by Crippen LogP contribution is -2.34. The molecule has 0 atom stereocenters. The minimum Gasteiger partial charge on any atom is -0.494 e. The molecule has 0 radical (unpaired) electrons. The van der Waals surface area contributed by atoms with Gasteiger partial charge < -0.3 is 15.2 Å². The second-order valence-corrected chi connectivity index (χ2v) is 5.43. The largest absolute Gasteiger partial charge is 0.494 e. The first-order valence-electron chi connectivity index (χ1n) is 7.35. The molecule has 0 fully saturated rings.